The van der Waals surface area contributed by atoms with E-state index in [0.29, 0.717) is 40.1 Å². The molecule has 0 aliphatic rings. The molecule has 0 saturated heterocycles. The van der Waals surface area contributed by atoms with Gasteiger partial charge in [0.1, 0.15) is 5.52 Å². The molecule has 0 spiro atoms. The molecule has 32 heavy (non-hydrogen) atoms. The SMILES string of the molecule is CCN(CC)CCn1[nH]c2c3c(=O)cccc3[nH]c3c([N+](=O)[O-])ccc1c32.CS(=O)(=O)O. The number of H-pyrrole nitrogens is 2. The van der Waals surface area contributed by atoms with Crippen molar-refractivity contribution in [1.82, 2.24) is 19.7 Å². The second-order valence-electron chi connectivity index (χ2n) is 7.31. The molecule has 0 aliphatic heterocycles. The molecule has 2 heterocycles. The van der Waals surface area contributed by atoms with Crippen LogP contribution in [0, 0.1) is 10.1 Å². The summed E-state index contributed by atoms with van der Waals surface area (Å²) in [5.41, 5.74) is 2.39. The van der Waals surface area contributed by atoms with Crippen molar-refractivity contribution in [1.29, 1.82) is 0 Å². The summed E-state index contributed by atoms with van der Waals surface area (Å²) in [6.45, 7) is 7.69. The van der Waals surface area contributed by atoms with Crippen molar-refractivity contribution >= 4 is 48.6 Å². The number of nitrogens with zero attached hydrogens (tertiary/aromatic N) is 3. The quantitative estimate of drug-likeness (QED) is 0.172. The molecule has 12 heteroatoms. The first-order chi connectivity index (χ1) is 15.0. The Labute approximate surface area is 183 Å². The largest absolute Gasteiger partial charge is 0.349 e. The van der Waals surface area contributed by atoms with Gasteiger partial charge in [-0.25, -0.2) is 0 Å². The van der Waals surface area contributed by atoms with E-state index >= 15 is 0 Å². The van der Waals surface area contributed by atoms with Crippen molar-refractivity contribution in [2.45, 2.75) is 20.4 Å². The van der Waals surface area contributed by atoms with Crippen molar-refractivity contribution in [3.05, 3.63) is 50.7 Å². The van der Waals surface area contributed by atoms with Crippen LogP contribution in [-0.2, 0) is 16.7 Å². The molecule has 0 saturated carbocycles. The number of nitro benzene ring substituents is 1. The molecular formula is C20H25N5O6S. The number of aromatic amines is 2. The molecule has 0 amide bonds. The Kier molecular flexibility index (Phi) is 6.67. The van der Waals surface area contributed by atoms with Crippen LogP contribution < -0.4 is 5.43 Å². The number of aromatic nitrogens is 3. The number of nitrogens with one attached hydrogen (secondary N) is 2. The molecule has 2 aromatic heterocycles. The highest BCUT2D eigenvalue weighted by Crippen LogP contribution is 2.34. The van der Waals surface area contributed by atoms with Crippen molar-refractivity contribution in [2.24, 2.45) is 0 Å². The van der Waals surface area contributed by atoms with Gasteiger partial charge in [0.15, 0.2) is 5.43 Å². The fourth-order valence-corrected chi connectivity index (χ4v) is 3.75. The zero-order chi connectivity index (χ0) is 23.6. The smallest absolute Gasteiger partial charge is 0.293 e. The van der Waals surface area contributed by atoms with E-state index in [4.69, 9.17) is 4.55 Å². The summed E-state index contributed by atoms with van der Waals surface area (Å²) in [4.78, 5) is 29.0. The number of benzene rings is 2. The molecule has 0 fully saturated rings. The monoisotopic (exact) mass is 463 g/mol. The number of non-ortho nitro benzene ring substituents is 1. The first-order valence-corrected chi connectivity index (χ1v) is 11.8. The molecule has 0 aliphatic carbocycles. The van der Waals surface area contributed by atoms with Crippen LogP contribution >= 0.6 is 0 Å². The molecule has 3 N–H and O–H groups in total. The highest BCUT2D eigenvalue weighted by Gasteiger charge is 2.21. The van der Waals surface area contributed by atoms with Gasteiger partial charge < -0.3 is 9.88 Å². The van der Waals surface area contributed by atoms with Gasteiger partial charge in [0.2, 0.25) is 0 Å². The van der Waals surface area contributed by atoms with E-state index in [1.54, 1.807) is 18.2 Å². The van der Waals surface area contributed by atoms with Crippen molar-refractivity contribution in [3.8, 4) is 0 Å². The molecule has 11 nitrogen and oxygen atoms in total. The van der Waals surface area contributed by atoms with Crippen LogP contribution in [0.15, 0.2) is 35.1 Å². The number of rotatable bonds is 6. The standard InChI is InChI=1S/C19H21N5O3.CH4O3S/c1-3-22(4-2)10-11-23-13-8-9-14(24(26)27)18-17(13)19(21-23)16-12(20-18)6-5-7-15(16)25;1-5(2,3)4/h5-9,20-21H,3-4,10-11H2,1-2H3;1H3,(H,2,3,4). The normalized spacial score (nSPS) is 11.9. The number of nitro groups is 1. The van der Waals surface area contributed by atoms with Crippen molar-refractivity contribution < 1.29 is 17.9 Å². The van der Waals surface area contributed by atoms with Gasteiger partial charge in [-0.1, -0.05) is 19.9 Å². The molecule has 4 aromatic rings. The lowest BCUT2D eigenvalue weighted by Crippen LogP contribution is -2.27. The van der Waals surface area contributed by atoms with E-state index in [0.717, 1.165) is 25.2 Å². The summed E-state index contributed by atoms with van der Waals surface area (Å²) in [6.07, 6.45) is 0.715. The molecule has 0 radical (unpaired) electrons. The van der Waals surface area contributed by atoms with E-state index in [1.807, 2.05) is 4.68 Å². The van der Waals surface area contributed by atoms with Gasteiger partial charge >= 0.3 is 0 Å². The van der Waals surface area contributed by atoms with Crippen LogP contribution in [-0.4, -0.2) is 63.4 Å². The number of fused-ring (bicyclic) bond motifs is 2. The van der Waals surface area contributed by atoms with Gasteiger partial charge in [0.05, 0.1) is 45.0 Å². The summed E-state index contributed by atoms with van der Waals surface area (Å²) in [6, 6.07) is 8.20. The van der Waals surface area contributed by atoms with Crippen LogP contribution in [0.25, 0.3) is 32.8 Å². The summed E-state index contributed by atoms with van der Waals surface area (Å²) in [5.74, 6) is 0. The molecule has 172 valence electrons. The molecule has 2 aromatic carbocycles. The maximum Gasteiger partial charge on any atom is 0.293 e. The first-order valence-electron chi connectivity index (χ1n) is 10.00. The van der Waals surface area contributed by atoms with Crippen LogP contribution in [0.2, 0.25) is 0 Å². The zero-order valence-electron chi connectivity index (χ0n) is 18.0. The predicted molar refractivity (Wildman–Crippen MR) is 124 cm³/mol. The molecule has 0 atom stereocenters. The average molecular weight is 464 g/mol. The minimum atomic E-state index is -3.67. The maximum absolute atomic E-state index is 12.5. The maximum atomic E-state index is 12.5. The second kappa shape index (κ2) is 9.10. The number of hydrogen-bond acceptors (Lipinski definition) is 6. The molecule has 0 unspecified atom stereocenters. The van der Waals surface area contributed by atoms with Crippen LogP contribution in [0.5, 0.6) is 0 Å². The minimum Gasteiger partial charge on any atom is -0.349 e. The molecular weight excluding hydrogens is 438 g/mol. The van der Waals surface area contributed by atoms with Crippen LogP contribution in [0.4, 0.5) is 5.69 Å². The van der Waals surface area contributed by atoms with E-state index in [-0.39, 0.29) is 11.1 Å². The van der Waals surface area contributed by atoms with E-state index in [1.165, 1.54) is 12.1 Å². The van der Waals surface area contributed by atoms with Gasteiger partial charge in [-0.3, -0.25) is 29.2 Å². The van der Waals surface area contributed by atoms with Crippen LogP contribution in [0.1, 0.15) is 13.8 Å². The van der Waals surface area contributed by atoms with E-state index in [2.05, 4.69) is 28.8 Å². The summed E-state index contributed by atoms with van der Waals surface area (Å²) in [5, 5.41) is 16.1. The number of likely N-dealkylation sites (N-methyl/N-ethyl adjacent to an activating group) is 1. The third-order valence-electron chi connectivity index (χ3n) is 5.22. The Morgan fingerprint density at radius 1 is 1.12 bits per heavy atom. The summed E-state index contributed by atoms with van der Waals surface area (Å²) >= 11 is 0. The Balaban J connectivity index is 0.000000523. The lowest BCUT2D eigenvalue weighted by molar-refractivity contribution is -0.383. The van der Waals surface area contributed by atoms with Gasteiger partial charge in [-0.05, 0) is 31.3 Å². The predicted octanol–water partition coefficient (Wildman–Crippen LogP) is 2.72. The lowest BCUT2D eigenvalue weighted by Gasteiger charge is -2.18. The number of hydrogen-bond donors (Lipinski definition) is 3. The second-order valence-corrected chi connectivity index (χ2v) is 8.78. The summed E-state index contributed by atoms with van der Waals surface area (Å²) in [7, 11) is -3.67. The van der Waals surface area contributed by atoms with Crippen molar-refractivity contribution in [3.63, 3.8) is 0 Å². The Morgan fingerprint density at radius 3 is 2.38 bits per heavy atom. The van der Waals surface area contributed by atoms with Gasteiger partial charge in [0.25, 0.3) is 15.8 Å². The number of pyridine rings is 1. The topological polar surface area (TPSA) is 154 Å². The third kappa shape index (κ3) is 4.82. The van der Waals surface area contributed by atoms with Gasteiger partial charge in [-0.2, -0.15) is 8.42 Å². The van der Waals surface area contributed by atoms with Crippen LogP contribution in [0.3, 0.4) is 0 Å². The fourth-order valence-electron chi connectivity index (χ4n) is 3.75. The molecule has 0 bridgehead atoms. The highest BCUT2D eigenvalue weighted by atomic mass is 32.2. The highest BCUT2D eigenvalue weighted by molar-refractivity contribution is 7.85. The Hall–Kier alpha value is -3.22. The average Bonchev–Trinajstić information content (AvgIpc) is 3.07. The van der Waals surface area contributed by atoms with Gasteiger partial charge in [-0.15, -0.1) is 0 Å². The first kappa shape index (κ1) is 23.4. The van der Waals surface area contributed by atoms with E-state index < -0.39 is 15.0 Å². The Bertz CT molecular complexity index is 1440. The fraction of sp³-hybridized carbons (Fsp3) is 0.350. The lowest BCUT2D eigenvalue weighted by atomic mass is 10.1. The summed E-state index contributed by atoms with van der Waals surface area (Å²) < 4.78 is 27.8. The third-order valence-corrected chi connectivity index (χ3v) is 5.22. The minimum absolute atomic E-state index is 0.000551. The van der Waals surface area contributed by atoms with Gasteiger partial charge in [0, 0.05) is 12.6 Å². The molecule has 4 rings (SSSR count). The van der Waals surface area contributed by atoms with Crippen molar-refractivity contribution in [2.75, 3.05) is 25.9 Å². The zero-order valence-corrected chi connectivity index (χ0v) is 18.8. The Morgan fingerprint density at radius 2 is 1.78 bits per heavy atom. The van der Waals surface area contributed by atoms with E-state index in [9.17, 15) is 23.3 Å².